The van der Waals surface area contributed by atoms with Crippen LogP contribution in [-0.4, -0.2) is 25.3 Å². The molecule has 0 aliphatic heterocycles. The van der Waals surface area contributed by atoms with Gasteiger partial charge in [-0.1, -0.05) is 34.1 Å². The molecule has 4 unspecified atom stereocenters. The van der Waals surface area contributed by atoms with E-state index in [9.17, 15) is 0 Å². The minimum atomic E-state index is 0.341. The lowest BCUT2D eigenvalue weighted by Crippen LogP contribution is -2.39. The summed E-state index contributed by atoms with van der Waals surface area (Å²) in [5.41, 5.74) is 0. The monoisotopic (exact) mass is 255 g/mol. The summed E-state index contributed by atoms with van der Waals surface area (Å²) >= 11 is 0. The van der Waals surface area contributed by atoms with Gasteiger partial charge >= 0.3 is 0 Å². The van der Waals surface area contributed by atoms with Gasteiger partial charge in [0.05, 0.1) is 12.2 Å². The summed E-state index contributed by atoms with van der Waals surface area (Å²) in [4.78, 5) is 0. The Kier molecular flexibility index (Phi) is 7.25. The smallest absolute Gasteiger partial charge is 0.0675 e. The van der Waals surface area contributed by atoms with E-state index in [0.29, 0.717) is 12.2 Å². The molecule has 0 bridgehead atoms. The Labute approximate surface area is 114 Å². The summed E-state index contributed by atoms with van der Waals surface area (Å²) in [5.74, 6) is 2.34. The molecule has 2 nitrogen and oxygen atoms in total. The number of ether oxygens (including phenoxy) is 1. The lowest BCUT2D eigenvalue weighted by atomic mass is 9.75. The van der Waals surface area contributed by atoms with E-state index < -0.39 is 0 Å². The largest absolute Gasteiger partial charge is 0.374 e. The topological polar surface area (TPSA) is 21.3 Å². The molecule has 2 heteroatoms. The zero-order chi connectivity index (χ0) is 13.5. The molecule has 4 atom stereocenters. The van der Waals surface area contributed by atoms with Gasteiger partial charge < -0.3 is 10.1 Å². The Morgan fingerprint density at radius 3 is 2.56 bits per heavy atom. The molecule has 0 heterocycles. The van der Waals surface area contributed by atoms with E-state index in [-0.39, 0.29) is 0 Å². The van der Waals surface area contributed by atoms with Crippen molar-refractivity contribution in [3.8, 4) is 0 Å². The maximum Gasteiger partial charge on any atom is 0.0675 e. The third kappa shape index (κ3) is 5.27. The first kappa shape index (κ1) is 16.0. The molecule has 1 fully saturated rings. The van der Waals surface area contributed by atoms with Gasteiger partial charge in [-0.25, -0.2) is 0 Å². The number of hydrogen-bond acceptors (Lipinski definition) is 2. The van der Waals surface area contributed by atoms with Crippen LogP contribution in [0, 0.1) is 17.8 Å². The number of nitrogens with one attached hydrogen (secondary N) is 1. The standard InChI is InChI=1S/C16H33NO/c1-6-9-17-11-14(5)18-16-10-13(4)7-8-15(16)12(2)3/h12-17H,6-11H2,1-5H3. The molecular weight excluding hydrogens is 222 g/mol. The van der Waals surface area contributed by atoms with Crippen molar-refractivity contribution in [2.45, 2.75) is 72.5 Å². The lowest BCUT2D eigenvalue weighted by molar-refractivity contribution is -0.0725. The molecule has 1 aliphatic rings. The summed E-state index contributed by atoms with van der Waals surface area (Å²) in [5, 5.41) is 3.45. The van der Waals surface area contributed by atoms with Gasteiger partial charge in [0.2, 0.25) is 0 Å². The third-order valence-corrected chi connectivity index (χ3v) is 4.23. The van der Waals surface area contributed by atoms with Gasteiger partial charge in [-0.3, -0.25) is 0 Å². The Balaban J connectivity index is 2.39. The molecule has 18 heavy (non-hydrogen) atoms. The Hall–Kier alpha value is -0.0800. The third-order valence-electron chi connectivity index (χ3n) is 4.23. The summed E-state index contributed by atoms with van der Waals surface area (Å²) in [7, 11) is 0. The quantitative estimate of drug-likeness (QED) is 0.698. The molecule has 0 saturated heterocycles. The molecule has 108 valence electrons. The van der Waals surface area contributed by atoms with Crippen molar-refractivity contribution in [2.24, 2.45) is 17.8 Å². The van der Waals surface area contributed by atoms with Gasteiger partial charge in [0.1, 0.15) is 0 Å². The van der Waals surface area contributed by atoms with Crippen LogP contribution in [0.1, 0.15) is 60.3 Å². The van der Waals surface area contributed by atoms with Crippen molar-refractivity contribution < 1.29 is 4.74 Å². The van der Waals surface area contributed by atoms with Crippen molar-refractivity contribution in [1.82, 2.24) is 5.32 Å². The fourth-order valence-corrected chi connectivity index (χ4v) is 3.10. The van der Waals surface area contributed by atoms with Gasteiger partial charge in [-0.2, -0.15) is 0 Å². The highest BCUT2D eigenvalue weighted by molar-refractivity contribution is 4.82. The van der Waals surface area contributed by atoms with Crippen molar-refractivity contribution in [3.63, 3.8) is 0 Å². The van der Waals surface area contributed by atoms with Crippen LogP contribution < -0.4 is 5.32 Å². The van der Waals surface area contributed by atoms with E-state index in [1.54, 1.807) is 0 Å². The first-order chi connectivity index (χ1) is 8.54. The van der Waals surface area contributed by atoms with Gasteiger partial charge in [0.25, 0.3) is 0 Å². The molecule has 1 saturated carbocycles. The van der Waals surface area contributed by atoms with Crippen LogP contribution >= 0.6 is 0 Å². The Morgan fingerprint density at radius 2 is 1.94 bits per heavy atom. The summed E-state index contributed by atoms with van der Waals surface area (Å²) in [6, 6.07) is 0. The predicted octanol–water partition coefficient (Wildman–Crippen LogP) is 3.85. The van der Waals surface area contributed by atoms with Crippen molar-refractivity contribution in [1.29, 1.82) is 0 Å². The summed E-state index contributed by atoms with van der Waals surface area (Å²) in [6.07, 6.45) is 5.99. The molecule has 0 spiro atoms. The van der Waals surface area contributed by atoms with Crippen molar-refractivity contribution in [3.05, 3.63) is 0 Å². The van der Waals surface area contributed by atoms with Gasteiger partial charge in [-0.05, 0) is 50.5 Å². The second-order valence-corrected chi connectivity index (χ2v) is 6.52. The van der Waals surface area contributed by atoms with E-state index in [1.165, 1.54) is 25.7 Å². The fraction of sp³-hybridized carbons (Fsp3) is 1.00. The van der Waals surface area contributed by atoms with Crippen LogP contribution in [0.2, 0.25) is 0 Å². The van der Waals surface area contributed by atoms with E-state index in [0.717, 1.165) is 30.8 Å². The molecule has 1 aliphatic carbocycles. The summed E-state index contributed by atoms with van der Waals surface area (Å²) in [6.45, 7) is 13.6. The average Bonchev–Trinajstić information content (AvgIpc) is 2.29. The first-order valence-electron chi connectivity index (χ1n) is 7.90. The molecule has 1 rings (SSSR count). The maximum atomic E-state index is 6.32. The van der Waals surface area contributed by atoms with E-state index >= 15 is 0 Å². The number of rotatable bonds is 7. The lowest BCUT2D eigenvalue weighted by Gasteiger charge is -2.38. The van der Waals surface area contributed by atoms with Gasteiger partial charge in [-0.15, -0.1) is 0 Å². The molecule has 0 aromatic heterocycles. The van der Waals surface area contributed by atoms with E-state index in [1.807, 2.05) is 0 Å². The predicted molar refractivity (Wildman–Crippen MR) is 78.8 cm³/mol. The van der Waals surface area contributed by atoms with Gasteiger partial charge in [0, 0.05) is 6.54 Å². The Morgan fingerprint density at radius 1 is 1.22 bits per heavy atom. The first-order valence-corrected chi connectivity index (χ1v) is 7.90. The molecule has 0 radical (unpaired) electrons. The molecule has 0 amide bonds. The number of hydrogen-bond donors (Lipinski definition) is 1. The second kappa shape index (κ2) is 8.16. The van der Waals surface area contributed by atoms with Gasteiger partial charge in [0.15, 0.2) is 0 Å². The van der Waals surface area contributed by atoms with E-state index in [4.69, 9.17) is 4.74 Å². The zero-order valence-electron chi connectivity index (χ0n) is 13.0. The average molecular weight is 255 g/mol. The highest BCUT2D eigenvalue weighted by atomic mass is 16.5. The highest BCUT2D eigenvalue weighted by Gasteiger charge is 2.32. The summed E-state index contributed by atoms with van der Waals surface area (Å²) < 4.78 is 6.32. The fourth-order valence-electron chi connectivity index (χ4n) is 3.10. The Bertz CT molecular complexity index is 217. The van der Waals surface area contributed by atoms with Crippen LogP contribution in [0.5, 0.6) is 0 Å². The van der Waals surface area contributed by atoms with Crippen molar-refractivity contribution >= 4 is 0 Å². The molecule has 1 N–H and O–H groups in total. The van der Waals surface area contributed by atoms with Crippen LogP contribution in [0.3, 0.4) is 0 Å². The minimum Gasteiger partial charge on any atom is -0.374 e. The second-order valence-electron chi connectivity index (χ2n) is 6.52. The molecular formula is C16H33NO. The highest BCUT2D eigenvalue weighted by Crippen LogP contribution is 2.35. The minimum absolute atomic E-state index is 0.341. The van der Waals surface area contributed by atoms with Crippen LogP contribution in [0.15, 0.2) is 0 Å². The van der Waals surface area contributed by atoms with Crippen LogP contribution in [0.25, 0.3) is 0 Å². The SMILES string of the molecule is CCCNCC(C)OC1CC(C)CCC1C(C)C. The maximum absolute atomic E-state index is 6.32. The zero-order valence-corrected chi connectivity index (χ0v) is 13.0. The normalized spacial score (nSPS) is 30.7. The van der Waals surface area contributed by atoms with E-state index in [2.05, 4.69) is 39.9 Å². The van der Waals surface area contributed by atoms with Crippen molar-refractivity contribution in [2.75, 3.05) is 13.1 Å². The molecule has 0 aromatic carbocycles. The molecule has 0 aromatic rings. The van der Waals surface area contributed by atoms with Crippen LogP contribution in [0.4, 0.5) is 0 Å². The van der Waals surface area contributed by atoms with Crippen LogP contribution in [-0.2, 0) is 4.74 Å².